The fourth-order valence-electron chi connectivity index (χ4n) is 1.97. The lowest BCUT2D eigenvalue weighted by Crippen LogP contribution is -2.13. The van der Waals surface area contributed by atoms with Crippen LogP contribution in [-0.2, 0) is 4.79 Å². The third-order valence-corrected chi connectivity index (χ3v) is 4.87. The first kappa shape index (κ1) is 16.6. The van der Waals surface area contributed by atoms with Crippen LogP contribution in [0.25, 0.3) is 11.3 Å². The summed E-state index contributed by atoms with van der Waals surface area (Å²) in [5.74, 6) is -0.885. The summed E-state index contributed by atoms with van der Waals surface area (Å²) in [5, 5.41) is 4.84. The molecule has 0 unspecified atom stereocenters. The van der Waals surface area contributed by atoms with Crippen LogP contribution in [-0.4, -0.2) is 16.6 Å². The SMILES string of the molecule is O=C(CSc1ccccc1F)Nc1nc(-c2cccc(F)c2)cs1. The lowest BCUT2D eigenvalue weighted by Gasteiger charge is -2.03. The van der Waals surface area contributed by atoms with Crippen molar-refractivity contribution in [3.8, 4) is 11.3 Å². The number of nitrogens with zero attached hydrogens (tertiary/aromatic N) is 1. The normalized spacial score (nSPS) is 10.6. The predicted molar refractivity (Wildman–Crippen MR) is 93.3 cm³/mol. The van der Waals surface area contributed by atoms with Gasteiger partial charge in [-0.2, -0.15) is 0 Å². The molecule has 3 rings (SSSR count). The number of thioether (sulfide) groups is 1. The minimum absolute atomic E-state index is 0.0792. The standard InChI is InChI=1S/C17H12F2N2OS2/c18-12-5-3-4-11(8-12)14-9-24-17(20-14)21-16(22)10-23-15-7-2-1-6-13(15)19/h1-9H,10H2,(H,20,21,22). The molecule has 3 nitrogen and oxygen atoms in total. The van der Waals surface area contributed by atoms with E-state index < -0.39 is 0 Å². The number of anilines is 1. The molecular weight excluding hydrogens is 350 g/mol. The van der Waals surface area contributed by atoms with E-state index in [-0.39, 0.29) is 23.3 Å². The fourth-order valence-corrected chi connectivity index (χ4v) is 3.45. The molecule has 3 aromatic rings. The number of hydrogen-bond acceptors (Lipinski definition) is 4. The van der Waals surface area contributed by atoms with Gasteiger partial charge in [0.2, 0.25) is 5.91 Å². The second-order valence-corrected chi connectivity index (χ2v) is 6.69. The van der Waals surface area contributed by atoms with Gasteiger partial charge in [-0.05, 0) is 24.3 Å². The third-order valence-electron chi connectivity index (χ3n) is 3.07. The van der Waals surface area contributed by atoms with E-state index in [0.717, 1.165) is 11.8 Å². The Morgan fingerprint density at radius 1 is 1.17 bits per heavy atom. The number of halogens is 2. The van der Waals surface area contributed by atoms with Crippen LogP contribution in [0.1, 0.15) is 0 Å². The van der Waals surface area contributed by atoms with Gasteiger partial charge < -0.3 is 5.32 Å². The summed E-state index contributed by atoms with van der Waals surface area (Å²) in [5.41, 5.74) is 1.24. The number of thiazole rings is 1. The molecule has 122 valence electrons. The zero-order valence-corrected chi connectivity index (χ0v) is 14.0. The van der Waals surface area contributed by atoms with Gasteiger partial charge in [-0.3, -0.25) is 4.79 Å². The van der Waals surface area contributed by atoms with Crippen molar-refractivity contribution < 1.29 is 13.6 Å². The second-order valence-electron chi connectivity index (χ2n) is 4.82. The van der Waals surface area contributed by atoms with Crippen LogP contribution in [0.4, 0.5) is 13.9 Å². The van der Waals surface area contributed by atoms with Gasteiger partial charge in [-0.1, -0.05) is 24.3 Å². The molecule has 0 aliphatic heterocycles. The molecule has 0 bridgehead atoms. The van der Waals surface area contributed by atoms with E-state index in [1.54, 1.807) is 35.7 Å². The number of benzene rings is 2. The molecule has 0 saturated heterocycles. The van der Waals surface area contributed by atoms with Gasteiger partial charge in [0.05, 0.1) is 11.4 Å². The highest BCUT2D eigenvalue weighted by atomic mass is 32.2. The van der Waals surface area contributed by atoms with Crippen LogP contribution < -0.4 is 5.32 Å². The molecule has 0 saturated carbocycles. The zero-order chi connectivity index (χ0) is 16.9. The molecule has 0 fully saturated rings. The fraction of sp³-hybridized carbons (Fsp3) is 0.0588. The van der Waals surface area contributed by atoms with E-state index in [0.29, 0.717) is 21.3 Å². The first-order chi connectivity index (χ1) is 11.6. The highest BCUT2D eigenvalue weighted by Crippen LogP contribution is 2.26. The Bertz CT molecular complexity index is 867. The van der Waals surface area contributed by atoms with Gasteiger partial charge in [0.15, 0.2) is 5.13 Å². The minimum atomic E-state index is -0.349. The van der Waals surface area contributed by atoms with E-state index in [2.05, 4.69) is 10.3 Å². The van der Waals surface area contributed by atoms with Crippen molar-refractivity contribution in [3.63, 3.8) is 0 Å². The molecule has 1 N–H and O–H groups in total. The van der Waals surface area contributed by atoms with Crippen LogP contribution in [0.2, 0.25) is 0 Å². The maximum Gasteiger partial charge on any atom is 0.236 e. The minimum Gasteiger partial charge on any atom is -0.301 e. The Morgan fingerprint density at radius 2 is 2.00 bits per heavy atom. The van der Waals surface area contributed by atoms with Crippen molar-refractivity contribution in [2.75, 3.05) is 11.1 Å². The molecule has 0 spiro atoms. The summed E-state index contributed by atoms with van der Waals surface area (Å²) in [6.45, 7) is 0. The molecule has 0 aliphatic rings. The number of hydrogen-bond donors (Lipinski definition) is 1. The van der Waals surface area contributed by atoms with Gasteiger partial charge in [0, 0.05) is 15.8 Å². The summed E-state index contributed by atoms with van der Waals surface area (Å²) in [6.07, 6.45) is 0. The van der Waals surface area contributed by atoms with Crippen LogP contribution in [0, 0.1) is 11.6 Å². The van der Waals surface area contributed by atoms with Crippen LogP contribution >= 0.6 is 23.1 Å². The summed E-state index contributed by atoms with van der Waals surface area (Å²) < 4.78 is 26.7. The monoisotopic (exact) mass is 362 g/mol. The number of aromatic nitrogens is 1. The smallest absolute Gasteiger partial charge is 0.236 e. The van der Waals surface area contributed by atoms with Crippen LogP contribution in [0.5, 0.6) is 0 Å². The van der Waals surface area contributed by atoms with Crippen molar-refractivity contribution in [1.82, 2.24) is 4.98 Å². The van der Waals surface area contributed by atoms with Crippen LogP contribution in [0.3, 0.4) is 0 Å². The van der Waals surface area contributed by atoms with E-state index in [4.69, 9.17) is 0 Å². The third kappa shape index (κ3) is 4.18. The summed E-state index contributed by atoms with van der Waals surface area (Å²) in [4.78, 5) is 16.6. The number of amides is 1. The Labute approximate surface area is 145 Å². The van der Waals surface area contributed by atoms with E-state index >= 15 is 0 Å². The lowest BCUT2D eigenvalue weighted by atomic mass is 10.2. The molecule has 2 aromatic carbocycles. The first-order valence-electron chi connectivity index (χ1n) is 7.00. The first-order valence-corrected chi connectivity index (χ1v) is 8.87. The number of carbonyl (C=O) groups excluding carboxylic acids is 1. The van der Waals surface area contributed by atoms with E-state index in [9.17, 15) is 13.6 Å². The largest absolute Gasteiger partial charge is 0.301 e. The maximum absolute atomic E-state index is 13.5. The van der Waals surface area contributed by atoms with Crippen molar-refractivity contribution >= 4 is 34.1 Å². The van der Waals surface area contributed by atoms with Gasteiger partial charge in [0.25, 0.3) is 0 Å². The quantitative estimate of drug-likeness (QED) is 0.662. The molecular formula is C17H12F2N2OS2. The zero-order valence-electron chi connectivity index (χ0n) is 12.3. The summed E-state index contributed by atoms with van der Waals surface area (Å²) in [6, 6.07) is 12.4. The molecule has 0 radical (unpaired) electrons. The van der Waals surface area contributed by atoms with Crippen molar-refractivity contribution in [2.45, 2.75) is 4.90 Å². The van der Waals surface area contributed by atoms with Crippen molar-refractivity contribution in [2.24, 2.45) is 0 Å². The molecule has 0 aliphatic carbocycles. The van der Waals surface area contributed by atoms with Gasteiger partial charge in [-0.15, -0.1) is 23.1 Å². The Balaban J connectivity index is 1.60. The predicted octanol–water partition coefficient (Wildman–Crippen LogP) is 4.82. The molecule has 1 aromatic heterocycles. The van der Waals surface area contributed by atoms with Gasteiger partial charge in [0.1, 0.15) is 11.6 Å². The topological polar surface area (TPSA) is 42.0 Å². The summed E-state index contributed by atoms with van der Waals surface area (Å²) >= 11 is 2.37. The molecule has 0 atom stereocenters. The highest BCUT2D eigenvalue weighted by Gasteiger charge is 2.10. The summed E-state index contributed by atoms with van der Waals surface area (Å²) in [7, 11) is 0. The maximum atomic E-state index is 13.5. The molecule has 1 amide bonds. The molecule has 7 heteroatoms. The highest BCUT2D eigenvalue weighted by molar-refractivity contribution is 8.00. The number of rotatable bonds is 5. The Kier molecular flexibility index (Phi) is 5.22. The van der Waals surface area contributed by atoms with Crippen LogP contribution in [0.15, 0.2) is 58.8 Å². The Morgan fingerprint density at radius 3 is 2.79 bits per heavy atom. The Hall–Kier alpha value is -2.25. The van der Waals surface area contributed by atoms with E-state index in [1.165, 1.54) is 29.5 Å². The average molecular weight is 362 g/mol. The van der Waals surface area contributed by atoms with Gasteiger partial charge >= 0.3 is 0 Å². The second kappa shape index (κ2) is 7.55. The number of carbonyl (C=O) groups is 1. The molecule has 24 heavy (non-hydrogen) atoms. The average Bonchev–Trinajstić information content (AvgIpc) is 3.02. The van der Waals surface area contributed by atoms with Gasteiger partial charge in [-0.25, -0.2) is 13.8 Å². The van der Waals surface area contributed by atoms with Crippen molar-refractivity contribution in [1.29, 1.82) is 0 Å². The van der Waals surface area contributed by atoms with Crippen molar-refractivity contribution in [3.05, 3.63) is 65.5 Å². The number of nitrogens with one attached hydrogen (secondary N) is 1. The van der Waals surface area contributed by atoms with E-state index in [1.807, 2.05) is 0 Å². The molecule has 1 heterocycles. The lowest BCUT2D eigenvalue weighted by molar-refractivity contribution is -0.113.